The van der Waals surface area contributed by atoms with E-state index in [1.165, 1.54) is 0 Å². The Morgan fingerprint density at radius 2 is 2.00 bits per heavy atom. The first-order valence-electron chi connectivity index (χ1n) is 8.85. The Balaban J connectivity index is 1.50. The Kier molecular flexibility index (Phi) is 4.51. The molecule has 0 aliphatic carbocycles. The smallest absolute Gasteiger partial charge is 0.259 e. The average Bonchev–Trinajstić information content (AvgIpc) is 3.35. The SMILES string of the molecule is O=C(Nc1ccc(-c2cccnc2)cc1)C1(C2CCCO2)CCCO1. The quantitative estimate of drug-likeness (QED) is 0.928. The molecule has 2 aliphatic heterocycles. The number of aromatic nitrogens is 1. The highest BCUT2D eigenvalue weighted by Crippen LogP contribution is 2.37. The van der Waals surface area contributed by atoms with Gasteiger partial charge in [0.15, 0.2) is 5.60 Å². The van der Waals surface area contributed by atoms with E-state index in [0.717, 1.165) is 42.5 Å². The number of anilines is 1. The molecule has 0 bridgehead atoms. The van der Waals surface area contributed by atoms with Gasteiger partial charge in [-0.25, -0.2) is 0 Å². The largest absolute Gasteiger partial charge is 0.375 e. The van der Waals surface area contributed by atoms with Crippen molar-refractivity contribution in [3.8, 4) is 11.1 Å². The van der Waals surface area contributed by atoms with Crippen molar-refractivity contribution in [3.63, 3.8) is 0 Å². The number of pyridine rings is 1. The van der Waals surface area contributed by atoms with E-state index < -0.39 is 5.60 Å². The lowest BCUT2D eigenvalue weighted by Gasteiger charge is -2.32. The van der Waals surface area contributed by atoms with Gasteiger partial charge in [0, 0.05) is 31.3 Å². The molecule has 25 heavy (non-hydrogen) atoms. The Bertz CT molecular complexity index is 718. The number of carbonyl (C=O) groups is 1. The summed E-state index contributed by atoms with van der Waals surface area (Å²) in [5.41, 5.74) is 2.05. The topological polar surface area (TPSA) is 60.5 Å². The van der Waals surface area contributed by atoms with Gasteiger partial charge in [0.05, 0.1) is 6.10 Å². The normalized spacial score (nSPS) is 25.8. The van der Waals surface area contributed by atoms with Crippen LogP contribution in [-0.4, -0.2) is 35.8 Å². The second-order valence-corrected chi connectivity index (χ2v) is 6.62. The molecule has 2 unspecified atom stereocenters. The molecule has 1 aromatic heterocycles. The lowest BCUT2D eigenvalue weighted by molar-refractivity contribution is -0.151. The minimum atomic E-state index is -0.835. The fourth-order valence-corrected chi connectivity index (χ4v) is 3.70. The van der Waals surface area contributed by atoms with Gasteiger partial charge < -0.3 is 14.8 Å². The van der Waals surface area contributed by atoms with Gasteiger partial charge in [-0.2, -0.15) is 0 Å². The molecule has 1 amide bonds. The van der Waals surface area contributed by atoms with Crippen LogP contribution in [0.3, 0.4) is 0 Å². The molecule has 2 aromatic rings. The highest BCUT2D eigenvalue weighted by molar-refractivity contribution is 5.98. The van der Waals surface area contributed by atoms with Gasteiger partial charge in [-0.3, -0.25) is 9.78 Å². The molecule has 0 spiro atoms. The van der Waals surface area contributed by atoms with E-state index >= 15 is 0 Å². The summed E-state index contributed by atoms with van der Waals surface area (Å²) in [5, 5.41) is 3.02. The first-order valence-corrected chi connectivity index (χ1v) is 8.85. The summed E-state index contributed by atoms with van der Waals surface area (Å²) in [5.74, 6) is -0.0916. The van der Waals surface area contributed by atoms with Crippen molar-refractivity contribution in [3.05, 3.63) is 48.8 Å². The fraction of sp³-hybridized carbons (Fsp3) is 0.400. The average molecular weight is 338 g/mol. The zero-order chi connectivity index (χ0) is 17.1. The van der Waals surface area contributed by atoms with Crippen LogP contribution in [0.4, 0.5) is 5.69 Å². The molecular formula is C20H22N2O3. The summed E-state index contributed by atoms with van der Waals surface area (Å²) >= 11 is 0. The molecule has 2 atom stereocenters. The molecule has 2 saturated heterocycles. The van der Waals surface area contributed by atoms with Crippen molar-refractivity contribution in [1.82, 2.24) is 4.98 Å². The minimum absolute atomic E-state index is 0.0916. The number of nitrogens with zero attached hydrogens (tertiary/aromatic N) is 1. The van der Waals surface area contributed by atoms with Crippen LogP contribution in [0.15, 0.2) is 48.8 Å². The van der Waals surface area contributed by atoms with E-state index in [2.05, 4.69) is 10.3 Å². The number of hydrogen-bond acceptors (Lipinski definition) is 4. The highest BCUT2D eigenvalue weighted by Gasteiger charge is 2.51. The van der Waals surface area contributed by atoms with Gasteiger partial charge in [0.1, 0.15) is 0 Å². The van der Waals surface area contributed by atoms with Crippen LogP contribution >= 0.6 is 0 Å². The summed E-state index contributed by atoms with van der Waals surface area (Å²) in [7, 11) is 0. The first kappa shape index (κ1) is 16.2. The first-order chi connectivity index (χ1) is 12.3. The Labute approximate surface area is 147 Å². The molecule has 1 aromatic carbocycles. The number of carbonyl (C=O) groups excluding carboxylic acids is 1. The molecule has 0 saturated carbocycles. The lowest BCUT2D eigenvalue weighted by atomic mass is 9.90. The van der Waals surface area contributed by atoms with Crippen molar-refractivity contribution >= 4 is 11.6 Å². The Morgan fingerprint density at radius 1 is 1.12 bits per heavy atom. The van der Waals surface area contributed by atoms with Gasteiger partial charge >= 0.3 is 0 Å². The van der Waals surface area contributed by atoms with E-state index in [1.807, 2.05) is 42.6 Å². The summed E-state index contributed by atoms with van der Waals surface area (Å²) in [6.07, 6.45) is 6.93. The van der Waals surface area contributed by atoms with Crippen LogP contribution in [0, 0.1) is 0 Å². The van der Waals surface area contributed by atoms with Crippen molar-refractivity contribution < 1.29 is 14.3 Å². The van der Waals surface area contributed by atoms with E-state index in [4.69, 9.17) is 9.47 Å². The van der Waals surface area contributed by atoms with Crippen molar-refractivity contribution in [2.24, 2.45) is 0 Å². The van der Waals surface area contributed by atoms with Crippen LogP contribution in [0.25, 0.3) is 11.1 Å². The molecule has 2 aliphatic rings. The standard InChI is InChI=1S/C20H22N2O3/c23-19(20(10-3-13-25-20)18-5-2-12-24-18)22-17-8-6-15(7-9-17)16-4-1-11-21-14-16/h1,4,6-9,11,14,18H,2-3,5,10,12-13H2,(H,22,23). The zero-order valence-electron chi connectivity index (χ0n) is 14.1. The molecular weight excluding hydrogens is 316 g/mol. The van der Waals surface area contributed by atoms with Gasteiger partial charge in [-0.15, -0.1) is 0 Å². The predicted octanol–water partition coefficient (Wildman–Crippen LogP) is 3.42. The summed E-state index contributed by atoms with van der Waals surface area (Å²) in [6, 6.07) is 11.7. The molecule has 130 valence electrons. The number of rotatable bonds is 4. The maximum atomic E-state index is 13.0. The maximum Gasteiger partial charge on any atom is 0.259 e. The predicted molar refractivity (Wildman–Crippen MR) is 95.2 cm³/mol. The van der Waals surface area contributed by atoms with Crippen LogP contribution in [0.2, 0.25) is 0 Å². The molecule has 4 rings (SSSR count). The molecule has 5 heteroatoms. The van der Waals surface area contributed by atoms with Crippen LogP contribution in [-0.2, 0) is 14.3 Å². The Morgan fingerprint density at radius 3 is 2.64 bits per heavy atom. The van der Waals surface area contributed by atoms with E-state index in [-0.39, 0.29) is 12.0 Å². The number of ether oxygens (including phenoxy) is 2. The molecule has 1 N–H and O–H groups in total. The van der Waals surface area contributed by atoms with Crippen molar-refractivity contribution in [2.45, 2.75) is 37.4 Å². The van der Waals surface area contributed by atoms with Crippen LogP contribution in [0.5, 0.6) is 0 Å². The number of nitrogens with one attached hydrogen (secondary N) is 1. The molecule has 5 nitrogen and oxygen atoms in total. The van der Waals surface area contributed by atoms with Crippen LogP contribution in [0.1, 0.15) is 25.7 Å². The summed E-state index contributed by atoms with van der Waals surface area (Å²) < 4.78 is 11.7. The van der Waals surface area contributed by atoms with Crippen molar-refractivity contribution in [2.75, 3.05) is 18.5 Å². The van der Waals surface area contributed by atoms with E-state index in [1.54, 1.807) is 6.20 Å². The number of amides is 1. The third kappa shape index (κ3) is 3.17. The highest BCUT2D eigenvalue weighted by atomic mass is 16.6. The second-order valence-electron chi connectivity index (χ2n) is 6.62. The van der Waals surface area contributed by atoms with Gasteiger partial charge in [0.25, 0.3) is 5.91 Å². The van der Waals surface area contributed by atoms with Gasteiger partial charge in [-0.05, 0) is 55.0 Å². The van der Waals surface area contributed by atoms with E-state index in [0.29, 0.717) is 13.2 Å². The van der Waals surface area contributed by atoms with Gasteiger partial charge in [0.2, 0.25) is 0 Å². The second kappa shape index (κ2) is 6.94. The molecule has 2 fully saturated rings. The fourth-order valence-electron chi connectivity index (χ4n) is 3.70. The minimum Gasteiger partial charge on any atom is -0.375 e. The third-order valence-electron chi connectivity index (χ3n) is 5.02. The number of benzene rings is 1. The number of hydrogen-bond donors (Lipinski definition) is 1. The zero-order valence-corrected chi connectivity index (χ0v) is 14.1. The van der Waals surface area contributed by atoms with Crippen molar-refractivity contribution in [1.29, 1.82) is 0 Å². The van der Waals surface area contributed by atoms with Gasteiger partial charge in [-0.1, -0.05) is 18.2 Å². The summed E-state index contributed by atoms with van der Waals surface area (Å²) in [4.78, 5) is 17.1. The third-order valence-corrected chi connectivity index (χ3v) is 5.02. The van der Waals surface area contributed by atoms with Crippen LogP contribution < -0.4 is 5.32 Å². The van der Waals surface area contributed by atoms with E-state index in [9.17, 15) is 4.79 Å². The lowest BCUT2D eigenvalue weighted by Crippen LogP contribution is -2.51. The molecule has 0 radical (unpaired) electrons. The Hall–Kier alpha value is -2.24. The summed E-state index contributed by atoms with van der Waals surface area (Å²) in [6.45, 7) is 1.33. The monoisotopic (exact) mass is 338 g/mol. The molecule has 3 heterocycles. The maximum absolute atomic E-state index is 13.0.